The second-order valence-electron chi connectivity index (χ2n) is 3.37. The Hall–Kier alpha value is -1.58. The molecule has 0 aromatic heterocycles. The van der Waals surface area contributed by atoms with E-state index in [0.717, 1.165) is 0 Å². The van der Waals surface area contributed by atoms with Crippen molar-refractivity contribution in [3.8, 4) is 0 Å². The van der Waals surface area contributed by atoms with Crippen LogP contribution in [0.4, 0.5) is 0 Å². The van der Waals surface area contributed by atoms with Crippen molar-refractivity contribution in [2.75, 3.05) is 13.2 Å². The Kier molecular flexibility index (Phi) is 7.85. The van der Waals surface area contributed by atoms with Crippen LogP contribution >= 0.6 is 0 Å². The summed E-state index contributed by atoms with van der Waals surface area (Å²) in [5, 5.41) is 0. The molecule has 90 valence electrons. The van der Waals surface area contributed by atoms with Crippen LogP contribution in [0.25, 0.3) is 0 Å². The topological polar surface area (TPSA) is 52.6 Å². The van der Waals surface area contributed by atoms with E-state index in [1.807, 2.05) is 6.92 Å². The molecule has 0 spiro atoms. The maximum Gasteiger partial charge on any atom is 0.330 e. The summed E-state index contributed by atoms with van der Waals surface area (Å²) in [5.74, 6) is -0.772. The lowest BCUT2D eigenvalue weighted by Crippen LogP contribution is -2.17. The highest BCUT2D eigenvalue weighted by atomic mass is 16.5. The predicted molar refractivity (Wildman–Crippen MR) is 60.7 cm³/mol. The number of rotatable bonds is 6. The fourth-order valence-corrected chi connectivity index (χ4v) is 0.865. The van der Waals surface area contributed by atoms with Gasteiger partial charge in [0.25, 0.3) is 0 Å². The van der Waals surface area contributed by atoms with Crippen LogP contribution in [-0.2, 0) is 19.1 Å². The third-order valence-corrected chi connectivity index (χ3v) is 1.63. The summed E-state index contributed by atoms with van der Waals surface area (Å²) in [6.45, 7) is 5.80. The molecule has 4 nitrogen and oxygen atoms in total. The Morgan fingerprint density at radius 1 is 1.00 bits per heavy atom. The van der Waals surface area contributed by atoms with Crippen molar-refractivity contribution in [1.82, 2.24) is 0 Å². The van der Waals surface area contributed by atoms with E-state index in [2.05, 4.69) is 0 Å². The lowest BCUT2D eigenvalue weighted by molar-refractivity contribution is -0.142. The standard InChI is InChI=1S/C12H18O4/c1-4-6-11(13)15-8-10(3)9-16-12(14)7-5-2/h4-7,10H,8-9H2,1-3H3/b6-4+,7-5+. The number of carbonyl (C=O) groups excluding carboxylic acids is 2. The monoisotopic (exact) mass is 226 g/mol. The molecule has 0 rings (SSSR count). The minimum absolute atomic E-state index is 0.0107. The van der Waals surface area contributed by atoms with E-state index in [-0.39, 0.29) is 31.1 Å². The first-order valence-corrected chi connectivity index (χ1v) is 5.19. The number of hydrogen-bond acceptors (Lipinski definition) is 4. The molecule has 4 heteroatoms. The largest absolute Gasteiger partial charge is 0.462 e. The SMILES string of the molecule is C/C=C/C(=O)OCC(C)COC(=O)/C=C/C. The third-order valence-electron chi connectivity index (χ3n) is 1.63. The minimum Gasteiger partial charge on any atom is -0.462 e. The molecule has 0 aliphatic rings. The van der Waals surface area contributed by atoms with E-state index in [1.165, 1.54) is 12.2 Å². The van der Waals surface area contributed by atoms with Gasteiger partial charge in [0.15, 0.2) is 0 Å². The average Bonchev–Trinajstić information content (AvgIpc) is 2.24. The fraction of sp³-hybridized carbons (Fsp3) is 0.500. The van der Waals surface area contributed by atoms with Crippen molar-refractivity contribution < 1.29 is 19.1 Å². The Balaban J connectivity index is 3.70. The summed E-state index contributed by atoms with van der Waals surface area (Å²) >= 11 is 0. The summed E-state index contributed by atoms with van der Waals surface area (Å²) in [7, 11) is 0. The number of ether oxygens (including phenoxy) is 2. The van der Waals surface area contributed by atoms with Crippen molar-refractivity contribution in [1.29, 1.82) is 0 Å². The lowest BCUT2D eigenvalue weighted by atomic mass is 10.2. The van der Waals surface area contributed by atoms with Gasteiger partial charge in [0, 0.05) is 18.1 Å². The van der Waals surface area contributed by atoms with Crippen molar-refractivity contribution in [3.63, 3.8) is 0 Å². The molecular formula is C12H18O4. The van der Waals surface area contributed by atoms with Gasteiger partial charge in [-0.1, -0.05) is 19.1 Å². The Bertz CT molecular complexity index is 251. The summed E-state index contributed by atoms with van der Waals surface area (Å²) in [6.07, 6.45) is 5.91. The highest BCUT2D eigenvalue weighted by Gasteiger charge is 2.07. The summed E-state index contributed by atoms with van der Waals surface area (Å²) in [6, 6.07) is 0. The molecule has 0 aliphatic carbocycles. The third kappa shape index (κ3) is 7.79. The summed E-state index contributed by atoms with van der Waals surface area (Å²) < 4.78 is 9.80. The fourth-order valence-electron chi connectivity index (χ4n) is 0.865. The molecule has 0 atom stereocenters. The van der Waals surface area contributed by atoms with E-state index in [0.29, 0.717) is 0 Å². The lowest BCUT2D eigenvalue weighted by Gasteiger charge is -2.10. The number of allylic oxidation sites excluding steroid dienone is 2. The molecule has 16 heavy (non-hydrogen) atoms. The zero-order chi connectivity index (χ0) is 12.4. The van der Waals surface area contributed by atoms with Gasteiger partial charge in [0.2, 0.25) is 0 Å². The van der Waals surface area contributed by atoms with Crippen molar-refractivity contribution in [3.05, 3.63) is 24.3 Å². The van der Waals surface area contributed by atoms with E-state index in [9.17, 15) is 9.59 Å². The van der Waals surface area contributed by atoms with Crippen LogP contribution in [0.15, 0.2) is 24.3 Å². The summed E-state index contributed by atoms with van der Waals surface area (Å²) in [5.41, 5.74) is 0. The quantitative estimate of drug-likeness (QED) is 0.512. The van der Waals surface area contributed by atoms with Gasteiger partial charge in [-0.25, -0.2) is 9.59 Å². The number of esters is 2. The highest BCUT2D eigenvalue weighted by Crippen LogP contribution is 1.98. The maximum absolute atomic E-state index is 11.0. The van der Waals surface area contributed by atoms with Gasteiger partial charge < -0.3 is 9.47 Å². The normalized spacial score (nSPS) is 11.2. The van der Waals surface area contributed by atoms with E-state index in [4.69, 9.17) is 9.47 Å². The van der Waals surface area contributed by atoms with Gasteiger partial charge in [-0.05, 0) is 13.8 Å². The van der Waals surface area contributed by atoms with Crippen LogP contribution < -0.4 is 0 Å². The van der Waals surface area contributed by atoms with Gasteiger partial charge in [0.05, 0.1) is 13.2 Å². The molecule has 0 radical (unpaired) electrons. The molecule has 0 aromatic carbocycles. The van der Waals surface area contributed by atoms with Crippen LogP contribution in [0.3, 0.4) is 0 Å². The molecule has 0 saturated carbocycles. The number of carbonyl (C=O) groups is 2. The Labute approximate surface area is 95.9 Å². The van der Waals surface area contributed by atoms with Crippen LogP contribution in [0.2, 0.25) is 0 Å². The Morgan fingerprint density at radius 3 is 1.69 bits per heavy atom. The van der Waals surface area contributed by atoms with Gasteiger partial charge in [0.1, 0.15) is 0 Å². The summed E-state index contributed by atoms with van der Waals surface area (Å²) in [4.78, 5) is 21.9. The molecule has 0 N–H and O–H groups in total. The molecule has 0 amide bonds. The van der Waals surface area contributed by atoms with Gasteiger partial charge >= 0.3 is 11.9 Å². The first-order valence-electron chi connectivity index (χ1n) is 5.19. The molecule has 0 aliphatic heterocycles. The van der Waals surface area contributed by atoms with Crippen molar-refractivity contribution in [2.24, 2.45) is 5.92 Å². The first-order chi connectivity index (χ1) is 7.60. The van der Waals surface area contributed by atoms with Crippen LogP contribution in [0, 0.1) is 5.92 Å². The molecule has 0 unspecified atom stereocenters. The molecule has 0 bridgehead atoms. The number of hydrogen-bond donors (Lipinski definition) is 0. The van der Waals surface area contributed by atoms with Crippen molar-refractivity contribution in [2.45, 2.75) is 20.8 Å². The second kappa shape index (κ2) is 8.71. The van der Waals surface area contributed by atoms with E-state index >= 15 is 0 Å². The molecule has 0 aromatic rings. The Morgan fingerprint density at radius 2 is 1.38 bits per heavy atom. The molecule has 0 fully saturated rings. The van der Waals surface area contributed by atoms with Crippen molar-refractivity contribution >= 4 is 11.9 Å². The highest BCUT2D eigenvalue weighted by molar-refractivity contribution is 5.82. The minimum atomic E-state index is -0.380. The van der Waals surface area contributed by atoms with Crippen LogP contribution in [0.5, 0.6) is 0 Å². The van der Waals surface area contributed by atoms with Crippen LogP contribution in [-0.4, -0.2) is 25.2 Å². The molecule has 0 heterocycles. The van der Waals surface area contributed by atoms with Gasteiger partial charge in [-0.15, -0.1) is 0 Å². The zero-order valence-electron chi connectivity index (χ0n) is 9.93. The molecular weight excluding hydrogens is 208 g/mol. The maximum atomic E-state index is 11.0. The van der Waals surface area contributed by atoms with Gasteiger partial charge in [-0.2, -0.15) is 0 Å². The molecule has 0 saturated heterocycles. The second-order valence-corrected chi connectivity index (χ2v) is 3.37. The smallest absolute Gasteiger partial charge is 0.330 e. The zero-order valence-corrected chi connectivity index (χ0v) is 9.93. The average molecular weight is 226 g/mol. The predicted octanol–water partition coefficient (Wildman–Crippen LogP) is 1.86. The van der Waals surface area contributed by atoms with E-state index in [1.54, 1.807) is 26.0 Å². The first kappa shape index (κ1) is 14.4. The van der Waals surface area contributed by atoms with E-state index < -0.39 is 0 Å². The van der Waals surface area contributed by atoms with Gasteiger partial charge in [-0.3, -0.25) is 0 Å². The van der Waals surface area contributed by atoms with Crippen LogP contribution in [0.1, 0.15) is 20.8 Å².